The highest BCUT2D eigenvalue weighted by Gasteiger charge is 2.42. The number of nitrogens with zero attached hydrogens (tertiary/aromatic N) is 2. The highest BCUT2D eigenvalue weighted by Crippen LogP contribution is 2.33. The van der Waals surface area contributed by atoms with E-state index in [4.69, 9.17) is 20.7 Å². The van der Waals surface area contributed by atoms with Crippen LogP contribution in [0.4, 0.5) is 4.79 Å². The lowest BCUT2D eigenvalue weighted by atomic mass is 10.0. The molecule has 0 aliphatic carbocycles. The molecule has 2 saturated heterocycles. The number of hydrogen-bond acceptors (Lipinski definition) is 11. The number of fused-ring (bicyclic) bond motifs is 1. The number of urea groups is 1. The van der Waals surface area contributed by atoms with Crippen LogP contribution in [0.3, 0.4) is 0 Å². The number of benzene rings is 2. The van der Waals surface area contributed by atoms with Gasteiger partial charge in [0.2, 0.25) is 35.3 Å². The van der Waals surface area contributed by atoms with Gasteiger partial charge in [-0.1, -0.05) is 67.1 Å². The molecule has 336 valence electrons. The average Bonchev–Trinajstić information content (AvgIpc) is 3.82. The van der Waals surface area contributed by atoms with Crippen LogP contribution in [0.5, 0.6) is 0 Å². The van der Waals surface area contributed by atoms with E-state index in [1.807, 2.05) is 30.0 Å². The first-order valence-electron chi connectivity index (χ1n) is 20.8. The second-order valence-electron chi connectivity index (χ2n) is 14.9. The van der Waals surface area contributed by atoms with E-state index in [1.165, 1.54) is 0 Å². The van der Waals surface area contributed by atoms with Gasteiger partial charge < -0.3 is 58.0 Å². The molecule has 6 atom stereocenters. The molecular formula is C42H58N10O9S. The first kappa shape index (κ1) is 49.0. The van der Waals surface area contributed by atoms with Crippen LogP contribution in [-0.4, -0.2) is 140 Å². The van der Waals surface area contributed by atoms with Crippen molar-refractivity contribution in [2.75, 3.05) is 51.8 Å². The molecule has 2 fully saturated rings. The van der Waals surface area contributed by atoms with Crippen LogP contribution in [-0.2, 0) is 51.1 Å². The van der Waals surface area contributed by atoms with Gasteiger partial charge >= 0.3 is 12.2 Å². The first-order chi connectivity index (χ1) is 30.0. The Labute approximate surface area is 365 Å². The molecule has 2 aromatic rings. The van der Waals surface area contributed by atoms with Gasteiger partial charge in [0.1, 0.15) is 12.1 Å². The minimum absolute atomic E-state index is 0.0350. The predicted octanol–water partition coefficient (Wildman–Crippen LogP) is -0.474. The van der Waals surface area contributed by atoms with Gasteiger partial charge in [-0.15, -0.1) is 0 Å². The number of rotatable bonds is 29. The number of amides is 7. The van der Waals surface area contributed by atoms with E-state index in [9.17, 15) is 33.6 Å². The Balaban J connectivity index is 1.11. The number of ether oxygens (including phenoxy) is 2. The van der Waals surface area contributed by atoms with Crippen LogP contribution in [0.2, 0.25) is 0 Å². The van der Waals surface area contributed by atoms with Crippen LogP contribution in [0.25, 0.3) is 5.53 Å². The van der Waals surface area contributed by atoms with E-state index < -0.39 is 54.1 Å². The van der Waals surface area contributed by atoms with Crippen molar-refractivity contribution in [1.29, 1.82) is 0 Å². The zero-order chi connectivity index (χ0) is 44.5. The molecule has 2 aliphatic heterocycles. The molecule has 0 radical (unpaired) electrons. The lowest BCUT2D eigenvalue weighted by molar-refractivity contribution is -0.133. The van der Waals surface area contributed by atoms with Gasteiger partial charge in [-0.3, -0.25) is 28.8 Å². The van der Waals surface area contributed by atoms with E-state index in [0.29, 0.717) is 43.2 Å². The highest BCUT2D eigenvalue weighted by molar-refractivity contribution is 8.00. The number of hydrogen-bond donors (Lipinski definition) is 8. The summed E-state index contributed by atoms with van der Waals surface area (Å²) in [6, 6.07) is 14.7. The molecule has 0 aromatic heterocycles. The Morgan fingerprint density at radius 2 is 1.40 bits per heavy atom. The number of nitrogens with one attached hydrogen (secondary N) is 7. The van der Waals surface area contributed by atoms with Gasteiger partial charge in [-0.25, -0.2) is 4.79 Å². The van der Waals surface area contributed by atoms with Crippen molar-refractivity contribution in [2.45, 2.75) is 86.8 Å². The maximum Gasteiger partial charge on any atom is 0.323 e. The summed E-state index contributed by atoms with van der Waals surface area (Å²) >= 11 is 1.86. The van der Waals surface area contributed by atoms with Crippen LogP contribution < -0.4 is 43.0 Å². The Bertz CT molecular complexity index is 1840. The van der Waals surface area contributed by atoms with Crippen molar-refractivity contribution in [3.05, 3.63) is 77.3 Å². The fraction of sp³-hybridized carbons (Fsp3) is 0.524. The quantitative estimate of drug-likeness (QED) is 0.0170. The minimum atomic E-state index is -1.28. The van der Waals surface area contributed by atoms with Crippen molar-refractivity contribution in [3.63, 3.8) is 0 Å². The molecule has 62 heavy (non-hydrogen) atoms. The largest absolute Gasteiger partial charge is 0.377 e. The number of Topliss-reactive ketones (excluding diaryl/α,β-unsaturated/α-hetero) is 1. The van der Waals surface area contributed by atoms with Crippen LogP contribution in [0.1, 0.15) is 49.7 Å². The molecule has 0 spiro atoms. The van der Waals surface area contributed by atoms with Gasteiger partial charge in [0, 0.05) is 43.4 Å². The number of thioether (sulfide) groups is 1. The summed E-state index contributed by atoms with van der Waals surface area (Å²) in [5.41, 5.74) is 16.4. The number of nitrogens with two attached hydrogens (primary N) is 1. The average molecular weight is 879 g/mol. The summed E-state index contributed by atoms with van der Waals surface area (Å²) in [5.74, 6) is -2.27. The molecule has 0 unspecified atom stereocenters. The normalized spacial score (nSPS) is 17.8. The third-order valence-electron chi connectivity index (χ3n) is 10.1. The van der Waals surface area contributed by atoms with Crippen molar-refractivity contribution >= 4 is 59.3 Å². The van der Waals surface area contributed by atoms with E-state index in [-0.39, 0.29) is 69.5 Å². The Kier molecular flexibility index (Phi) is 21.6. The third kappa shape index (κ3) is 18.1. The zero-order valence-corrected chi connectivity index (χ0v) is 35.5. The number of carbonyl (C=O) groups excluding carboxylic acids is 7. The smallest absolute Gasteiger partial charge is 0.323 e. The van der Waals surface area contributed by atoms with E-state index in [0.717, 1.165) is 30.6 Å². The second-order valence-corrected chi connectivity index (χ2v) is 16.1. The second kappa shape index (κ2) is 27.3. The lowest BCUT2D eigenvalue weighted by Crippen LogP contribution is -2.57. The third-order valence-corrected chi connectivity index (χ3v) is 11.6. The van der Waals surface area contributed by atoms with Gasteiger partial charge in [0.25, 0.3) is 0 Å². The van der Waals surface area contributed by atoms with Crippen LogP contribution >= 0.6 is 11.8 Å². The fourth-order valence-electron chi connectivity index (χ4n) is 6.82. The van der Waals surface area contributed by atoms with E-state index in [1.54, 1.807) is 42.5 Å². The fourth-order valence-corrected chi connectivity index (χ4v) is 8.36. The molecule has 2 aromatic carbocycles. The molecule has 20 heteroatoms. The minimum Gasteiger partial charge on any atom is -0.377 e. The Morgan fingerprint density at radius 3 is 2.06 bits per heavy atom. The zero-order valence-electron chi connectivity index (χ0n) is 34.7. The van der Waals surface area contributed by atoms with Gasteiger partial charge in [0.15, 0.2) is 0 Å². The molecule has 19 nitrogen and oxygen atoms in total. The molecule has 2 aliphatic rings. The Morgan fingerprint density at radius 1 is 0.774 bits per heavy atom. The van der Waals surface area contributed by atoms with Crippen LogP contribution in [0.15, 0.2) is 60.7 Å². The summed E-state index contributed by atoms with van der Waals surface area (Å²) in [6.07, 6.45) is 3.56. The van der Waals surface area contributed by atoms with Gasteiger partial charge in [0.05, 0.1) is 51.1 Å². The summed E-state index contributed by atoms with van der Waals surface area (Å²) in [4.78, 5) is 91.2. The standard InChI is InChI=1S/C42H58N10O9S/c43-31(23-28-9-3-1-4-10-28)39(56)49-32(16-15-30(53)25-48-44)41(58)50-33(24-29-11-5-2-6-12-29)40(57)47-26-37(55)46-18-20-61-22-21-60-19-17-45-36(54)14-8-7-13-35-38-34(27-62-35)51-42(59)52-38/h1-6,9-12,25,31-35,38H,7-8,13-24,26-27,43H2,(H,45,54)(H,46,55)(H,47,57)(H,49,56)(H,50,58)(H2,51,52,59)/t31-,32-,33-,34-,35-,38-/m0/s1. The molecule has 0 saturated carbocycles. The molecular weight excluding hydrogens is 821 g/mol. The molecule has 0 bridgehead atoms. The highest BCUT2D eigenvalue weighted by atomic mass is 32.2. The number of carbonyl (C=O) groups is 7. The summed E-state index contributed by atoms with van der Waals surface area (Å²) in [6.45, 7) is 1.21. The van der Waals surface area contributed by atoms with Gasteiger partial charge in [-0.05, 0) is 36.8 Å². The van der Waals surface area contributed by atoms with Crippen LogP contribution in [0, 0.1) is 0 Å². The van der Waals surface area contributed by atoms with Crippen molar-refractivity contribution in [2.24, 2.45) is 5.73 Å². The van der Waals surface area contributed by atoms with Crippen molar-refractivity contribution < 1.29 is 47.8 Å². The molecule has 7 amide bonds. The maximum absolute atomic E-state index is 13.6. The monoisotopic (exact) mass is 878 g/mol. The Hall–Kier alpha value is -5.66. The number of unbranched alkanes of at least 4 members (excludes halogenated alkanes) is 1. The first-order valence-corrected chi connectivity index (χ1v) is 21.9. The molecule has 2 heterocycles. The van der Waals surface area contributed by atoms with Gasteiger partial charge in [-0.2, -0.15) is 16.6 Å². The summed E-state index contributed by atoms with van der Waals surface area (Å²) in [5, 5.41) is 19.6. The van der Waals surface area contributed by atoms with Crippen molar-refractivity contribution in [3.8, 4) is 0 Å². The van der Waals surface area contributed by atoms with E-state index >= 15 is 0 Å². The number of ketones is 1. The summed E-state index contributed by atoms with van der Waals surface area (Å²) in [7, 11) is 0. The molecule has 9 N–H and O–H groups in total. The van der Waals surface area contributed by atoms with Crippen molar-refractivity contribution in [1.82, 2.24) is 37.2 Å². The SMILES string of the molecule is [N-]=[N+]=CC(=O)CC[C@H](NC(=O)[C@@H](N)Cc1ccccc1)C(=O)N[C@@H](Cc1ccccc1)C(=O)NCC(=O)NCCOCCOCCNC(=O)CCCC[C@@H]1SC[C@@H]2NC(=O)N[C@@H]21. The topological polar surface area (TPSA) is 285 Å². The lowest BCUT2D eigenvalue weighted by Gasteiger charge is -2.24. The maximum atomic E-state index is 13.6. The molecule has 4 rings (SSSR count). The predicted molar refractivity (Wildman–Crippen MR) is 231 cm³/mol. The van der Waals surface area contributed by atoms with E-state index in [2.05, 4.69) is 42.0 Å². The summed E-state index contributed by atoms with van der Waals surface area (Å²) < 4.78 is 11.0.